The first-order valence-corrected chi connectivity index (χ1v) is 8.09. The third kappa shape index (κ3) is 3.26. The van der Waals surface area contributed by atoms with Gasteiger partial charge in [0.1, 0.15) is 18.1 Å². The van der Waals surface area contributed by atoms with Crippen molar-refractivity contribution in [1.29, 1.82) is 0 Å². The van der Waals surface area contributed by atoms with Crippen molar-refractivity contribution < 1.29 is 19.4 Å². The molecule has 1 amide bonds. The van der Waals surface area contributed by atoms with Gasteiger partial charge in [-0.1, -0.05) is 30.9 Å². The minimum atomic E-state index is -0.173. The van der Waals surface area contributed by atoms with E-state index < -0.39 is 0 Å². The molecule has 25 heavy (non-hydrogen) atoms. The molecule has 0 bridgehead atoms. The molecule has 1 atom stereocenters. The van der Waals surface area contributed by atoms with E-state index in [1.807, 2.05) is 0 Å². The van der Waals surface area contributed by atoms with E-state index in [-0.39, 0.29) is 24.3 Å². The van der Waals surface area contributed by atoms with E-state index in [0.717, 1.165) is 6.29 Å². The Hall–Kier alpha value is -3.08. The quantitative estimate of drug-likeness (QED) is 0.820. The number of para-hydroxylation sites is 1. The number of ether oxygens (including phenoxy) is 1. The van der Waals surface area contributed by atoms with Crippen LogP contribution in [0.5, 0.6) is 11.5 Å². The molecule has 5 heteroatoms. The normalized spacial score (nSPS) is 16.7. The number of carbonyl (C=O) groups excluding carboxylic acids is 2. The minimum Gasteiger partial charge on any atom is -0.507 e. The summed E-state index contributed by atoms with van der Waals surface area (Å²) in [6.45, 7) is 3.95. The largest absolute Gasteiger partial charge is 0.507 e. The number of hydrogen-bond acceptors (Lipinski definition) is 4. The van der Waals surface area contributed by atoms with Gasteiger partial charge < -0.3 is 14.7 Å². The SMILES string of the molecule is C=Cc1c(O)cccc1OC[C@@H]1CCC(=O)N1c1ccccc1C=O. The molecule has 5 nitrogen and oxygen atoms in total. The predicted octanol–water partition coefficient (Wildman–Crippen LogP) is 3.42. The molecule has 0 saturated carbocycles. The van der Waals surface area contributed by atoms with Gasteiger partial charge in [-0.05, 0) is 30.7 Å². The van der Waals surface area contributed by atoms with Gasteiger partial charge in [-0.25, -0.2) is 0 Å². The van der Waals surface area contributed by atoms with Crippen molar-refractivity contribution >= 4 is 24.0 Å². The zero-order valence-corrected chi connectivity index (χ0v) is 13.7. The highest BCUT2D eigenvalue weighted by atomic mass is 16.5. The van der Waals surface area contributed by atoms with E-state index in [9.17, 15) is 14.7 Å². The van der Waals surface area contributed by atoms with E-state index in [4.69, 9.17) is 4.74 Å². The number of phenols is 1. The van der Waals surface area contributed by atoms with Crippen LogP contribution >= 0.6 is 0 Å². The molecule has 3 rings (SSSR count). The van der Waals surface area contributed by atoms with Crippen LogP contribution in [0.15, 0.2) is 49.0 Å². The molecule has 0 aromatic heterocycles. The van der Waals surface area contributed by atoms with Crippen molar-refractivity contribution in [1.82, 2.24) is 0 Å². The van der Waals surface area contributed by atoms with E-state index in [0.29, 0.717) is 35.4 Å². The van der Waals surface area contributed by atoms with Crippen LogP contribution in [-0.4, -0.2) is 29.9 Å². The molecule has 2 aromatic rings. The van der Waals surface area contributed by atoms with Crippen LogP contribution in [0.25, 0.3) is 6.08 Å². The van der Waals surface area contributed by atoms with Crippen molar-refractivity contribution in [3.05, 3.63) is 60.2 Å². The average Bonchev–Trinajstić information content (AvgIpc) is 3.00. The molecule has 0 spiro atoms. The first kappa shape index (κ1) is 16.8. The molecule has 128 valence electrons. The van der Waals surface area contributed by atoms with Crippen LogP contribution < -0.4 is 9.64 Å². The third-order valence-corrected chi connectivity index (χ3v) is 4.33. The number of phenolic OH excluding ortho intramolecular Hbond substituents is 1. The number of aromatic hydroxyl groups is 1. The lowest BCUT2D eigenvalue weighted by atomic mass is 10.1. The number of nitrogens with zero attached hydrogens (tertiary/aromatic N) is 1. The standard InChI is InChI=1S/C20H19NO4/c1-2-16-18(23)8-5-9-19(16)25-13-15-10-11-20(24)21(15)17-7-4-3-6-14(17)12-22/h2-9,12,15,23H,1,10-11,13H2/t15-/m0/s1. The maximum atomic E-state index is 12.3. The second kappa shape index (κ2) is 7.21. The Labute approximate surface area is 146 Å². The fraction of sp³-hybridized carbons (Fsp3) is 0.200. The summed E-state index contributed by atoms with van der Waals surface area (Å²) >= 11 is 0. The van der Waals surface area contributed by atoms with Crippen LogP contribution in [0.1, 0.15) is 28.8 Å². The summed E-state index contributed by atoms with van der Waals surface area (Å²) < 4.78 is 5.85. The topological polar surface area (TPSA) is 66.8 Å². The molecule has 1 N–H and O–H groups in total. The third-order valence-electron chi connectivity index (χ3n) is 4.33. The number of carbonyl (C=O) groups is 2. The average molecular weight is 337 g/mol. The summed E-state index contributed by atoms with van der Waals surface area (Å²) in [6, 6.07) is 11.9. The Bertz CT molecular complexity index is 815. The Balaban J connectivity index is 1.83. The van der Waals surface area contributed by atoms with Gasteiger partial charge in [0.2, 0.25) is 5.91 Å². The lowest BCUT2D eigenvalue weighted by molar-refractivity contribution is -0.117. The van der Waals surface area contributed by atoms with E-state index in [1.54, 1.807) is 47.4 Å². The van der Waals surface area contributed by atoms with Gasteiger partial charge in [-0.15, -0.1) is 0 Å². The van der Waals surface area contributed by atoms with Crippen molar-refractivity contribution in [2.75, 3.05) is 11.5 Å². The zero-order chi connectivity index (χ0) is 17.8. The summed E-state index contributed by atoms with van der Waals surface area (Å²) in [5.41, 5.74) is 1.60. The first-order valence-electron chi connectivity index (χ1n) is 8.09. The molecule has 0 aliphatic carbocycles. The molecule has 1 aliphatic heterocycles. The van der Waals surface area contributed by atoms with Crippen molar-refractivity contribution in [3.63, 3.8) is 0 Å². The maximum Gasteiger partial charge on any atom is 0.227 e. The second-order valence-corrected chi connectivity index (χ2v) is 5.84. The van der Waals surface area contributed by atoms with Gasteiger partial charge in [0.05, 0.1) is 17.3 Å². The smallest absolute Gasteiger partial charge is 0.227 e. The van der Waals surface area contributed by atoms with Gasteiger partial charge in [-0.3, -0.25) is 9.59 Å². The van der Waals surface area contributed by atoms with Crippen LogP contribution in [0, 0.1) is 0 Å². The van der Waals surface area contributed by atoms with E-state index >= 15 is 0 Å². The zero-order valence-electron chi connectivity index (χ0n) is 13.7. The molecule has 1 fully saturated rings. The predicted molar refractivity (Wildman–Crippen MR) is 96.0 cm³/mol. The molecule has 0 unspecified atom stereocenters. The molecular weight excluding hydrogens is 318 g/mol. The van der Waals surface area contributed by atoms with Crippen LogP contribution in [0.3, 0.4) is 0 Å². The Morgan fingerprint density at radius 3 is 2.80 bits per heavy atom. The van der Waals surface area contributed by atoms with Crippen molar-refractivity contribution in [2.45, 2.75) is 18.9 Å². The number of hydrogen-bond donors (Lipinski definition) is 1. The number of rotatable bonds is 6. The summed E-state index contributed by atoms with van der Waals surface area (Å²) in [7, 11) is 0. The summed E-state index contributed by atoms with van der Waals surface area (Å²) in [4.78, 5) is 25.3. The van der Waals surface area contributed by atoms with E-state index in [2.05, 4.69) is 6.58 Å². The lowest BCUT2D eigenvalue weighted by Crippen LogP contribution is -2.37. The van der Waals surface area contributed by atoms with Crippen LogP contribution in [0.4, 0.5) is 5.69 Å². The maximum absolute atomic E-state index is 12.3. The van der Waals surface area contributed by atoms with Gasteiger partial charge in [-0.2, -0.15) is 0 Å². The highest BCUT2D eigenvalue weighted by Gasteiger charge is 2.33. The van der Waals surface area contributed by atoms with Crippen LogP contribution in [-0.2, 0) is 4.79 Å². The first-order chi connectivity index (χ1) is 12.2. The summed E-state index contributed by atoms with van der Waals surface area (Å²) in [5, 5.41) is 9.87. The molecule has 1 aliphatic rings. The molecule has 2 aromatic carbocycles. The molecular formula is C20H19NO4. The summed E-state index contributed by atoms with van der Waals surface area (Å²) in [5.74, 6) is 0.582. The van der Waals surface area contributed by atoms with Gasteiger partial charge in [0, 0.05) is 12.0 Å². The summed E-state index contributed by atoms with van der Waals surface area (Å²) in [6.07, 6.45) is 3.34. The van der Waals surface area contributed by atoms with Gasteiger partial charge >= 0.3 is 0 Å². The fourth-order valence-electron chi connectivity index (χ4n) is 3.09. The fourth-order valence-corrected chi connectivity index (χ4v) is 3.09. The Morgan fingerprint density at radius 1 is 1.24 bits per heavy atom. The second-order valence-electron chi connectivity index (χ2n) is 5.84. The minimum absolute atomic E-state index is 0.0252. The Kier molecular flexibility index (Phi) is 4.84. The highest BCUT2D eigenvalue weighted by molar-refractivity contribution is 6.00. The highest BCUT2D eigenvalue weighted by Crippen LogP contribution is 2.32. The Morgan fingerprint density at radius 2 is 2.04 bits per heavy atom. The number of anilines is 1. The number of aldehydes is 1. The molecule has 1 saturated heterocycles. The van der Waals surface area contributed by atoms with Crippen molar-refractivity contribution in [3.8, 4) is 11.5 Å². The van der Waals surface area contributed by atoms with Gasteiger partial charge in [0.15, 0.2) is 6.29 Å². The van der Waals surface area contributed by atoms with Crippen LogP contribution in [0.2, 0.25) is 0 Å². The van der Waals surface area contributed by atoms with Gasteiger partial charge in [0.25, 0.3) is 0 Å². The molecule has 0 radical (unpaired) electrons. The van der Waals surface area contributed by atoms with Crippen molar-refractivity contribution in [2.24, 2.45) is 0 Å². The number of benzene rings is 2. The van der Waals surface area contributed by atoms with E-state index in [1.165, 1.54) is 6.08 Å². The number of amides is 1. The lowest BCUT2D eigenvalue weighted by Gasteiger charge is -2.26. The monoisotopic (exact) mass is 337 g/mol. The molecule has 1 heterocycles.